The zero-order valence-electron chi connectivity index (χ0n) is 60.5. The van der Waals surface area contributed by atoms with Crippen LogP contribution in [0.2, 0.25) is 0 Å². The van der Waals surface area contributed by atoms with E-state index < -0.39 is 23.6 Å². The Morgan fingerprint density at radius 3 is 0.981 bits per heavy atom. The van der Waals surface area contributed by atoms with Gasteiger partial charge in [0, 0.05) is 63.8 Å². The van der Waals surface area contributed by atoms with Crippen LogP contribution < -0.4 is 0 Å². The molecule has 2 aliphatic heterocycles. The summed E-state index contributed by atoms with van der Waals surface area (Å²) in [5.41, 5.74) is 21.3. The topological polar surface area (TPSA) is 213 Å². The number of nitriles is 1. The van der Waals surface area contributed by atoms with Crippen molar-refractivity contribution < 1.29 is 43.2 Å². The first kappa shape index (κ1) is 75.1. The number of imide groups is 2. The molecule has 8 aliphatic rings. The Labute approximate surface area is 605 Å². The lowest BCUT2D eigenvalue weighted by molar-refractivity contribution is -0.113. The van der Waals surface area contributed by atoms with Crippen molar-refractivity contribution >= 4 is 85.7 Å². The SMILES string of the molecule is CC.CC.CC1=C/C(=C2/C=C(C)C(=O)c3ccccc32)c2ccccc2C1=O.CC1=CC(=C2C=C(C)C(=O)C(C)=C2)C=C(C)C1=O.CC1=CC(=CN=Nc2ccccc2)C=C(C)C1=O.CN1C(=O)c2ccc3c4c(ccc(c24)C1=O)C(=O)N(C)C3=O.[C-]#[N+]C(C#N)=C1c2ccccc2-c2ccccc21. The first-order valence-electron chi connectivity index (χ1n) is 33.9. The molecule has 104 heavy (non-hydrogen) atoms. The molecule has 0 radical (unpaired) electrons. The van der Waals surface area contributed by atoms with Crippen molar-refractivity contribution in [2.45, 2.75) is 83.1 Å². The van der Waals surface area contributed by atoms with Crippen LogP contribution >= 0.6 is 0 Å². The maximum Gasteiger partial charge on any atom is 0.270 e. The van der Waals surface area contributed by atoms with Crippen molar-refractivity contribution in [2.75, 3.05) is 14.1 Å². The van der Waals surface area contributed by atoms with Crippen molar-refractivity contribution in [3.63, 3.8) is 0 Å². The van der Waals surface area contributed by atoms with E-state index in [1.807, 2.05) is 251 Å². The Kier molecular flexibility index (Phi) is 23.4. The zero-order valence-corrected chi connectivity index (χ0v) is 60.5. The summed E-state index contributed by atoms with van der Waals surface area (Å²) < 4.78 is 0. The van der Waals surface area contributed by atoms with Gasteiger partial charge < -0.3 is 0 Å². The van der Waals surface area contributed by atoms with E-state index in [2.05, 4.69) is 15.1 Å². The lowest BCUT2D eigenvalue weighted by atomic mass is 9.79. The fourth-order valence-corrected chi connectivity index (χ4v) is 12.9. The molecule has 7 aromatic carbocycles. The van der Waals surface area contributed by atoms with Crippen molar-refractivity contribution in [1.82, 2.24) is 9.80 Å². The highest BCUT2D eigenvalue weighted by Gasteiger charge is 2.38. The zero-order chi connectivity index (χ0) is 75.5. The molecule has 15 rings (SSSR count). The van der Waals surface area contributed by atoms with Gasteiger partial charge in [-0.05, 0) is 246 Å². The van der Waals surface area contributed by atoms with Gasteiger partial charge >= 0.3 is 0 Å². The van der Waals surface area contributed by atoms with E-state index in [4.69, 9.17) is 11.8 Å². The van der Waals surface area contributed by atoms with Gasteiger partial charge in [-0.3, -0.25) is 53.0 Å². The van der Waals surface area contributed by atoms with Crippen LogP contribution in [0.5, 0.6) is 0 Å². The number of ketones is 5. The molecule has 0 bridgehead atoms. The number of rotatable bonds is 2. The third-order valence-corrected chi connectivity index (χ3v) is 18.0. The highest BCUT2D eigenvalue weighted by Crippen LogP contribution is 2.46. The molecule has 7 aromatic rings. The number of benzene rings is 7. The van der Waals surface area contributed by atoms with Gasteiger partial charge in [-0.25, -0.2) is 10.1 Å². The lowest BCUT2D eigenvalue weighted by Crippen LogP contribution is -2.40. The van der Waals surface area contributed by atoms with Crippen LogP contribution in [0.4, 0.5) is 5.69 Å². The molecule has 15 heteroatoms. The van der Waals surface area contributed by atoms with Gasteiger partial charge in [0.1, 0.15) is 0 Å². The van der Waals surface area contributed by atoms with Gasteiger partial charge in [0.25, 0.3) is 29.3 Å². The number of amides is 4. The Bertz CT molecular complexity index is 5020. The number of hydrogen-bond donors (Lipinski definition) is 0. The second kappa shape index (κ2) is 32.5. The summed E-state index contributed by atoms with van der Waals surface area (Å²) in [7, 11) is 2.83. The predicted octanol–water partition coefficient (Wildman–Crippen LogP) is 19.5. The third kappa shape index (κ3) is 14.9. The number of allylic oxidation sites excluding steroid dienone is 22. The average molecular weight is 1370 g/mol. The molecule has 0 saturated heterocycles. The maximum absolute atomic E-state index is 12.4. The molecule has 0 spiro atoms. The summed E-state index contributed by atoms with van der Waals surface area (Å²) in [6.07, 6.45) is 16.7. The Morgan fingerprint density at radius 1 is 0.365 bits per heavy atom. The van der Waals surface area contributed by atoms with Crippen molar-refractivity contribution in [3.8, 4) is 17.2 Å². The smallest absolute Gasteiger partial charge is 0.270 e. The quantitative estimate of drug-likeness (QED) is 0.0691. The molecule has 4 amide bonds. The number of nitrogens with zero attached hydrogens (tertiary/aromatic N) is 6. The third-order valence-electron chi connectivity index (χ3n) is 18.0. The Balaban J connectivity index is 0.000000150. The Hall–Kier alpha value is -13.1. The standard InChI is InChI=1S/C22H16O2.C16H10N2O4.C16H8N2.C16H16O2.C15H14N2O.2C2H6/c1-13-11-19(15-7-3-5-9-17(15)21(13)23)20-12-14(2)22(24)18-10-6-4-8-16(18)20;1-17-13(19)7-3-5-9-12-10(16(22)18(2)15(9)21)6-4-8(11(7)12)14(17)20;1-18-15(10-17)16-13-8-4-2-6-11(13)12-7-3-5-9-14(12)16;1-9-5-13(6-10(2)15(9)17)14-7-11(3)16(18)12(4)8-14;1-11-8-13(9-12(2)15(11)18)10-16-17-14-6-4-3-5-7-14;2*1-2/h3-12H,1-2H3;3-6H,1-2H3;2-9H;5-8H,1-4H3;3-10H,1-2H3;2*1-2H3/b20-19+;;;;;;. The van der Waals surface area contributed by atoms with Crippen molar-refractivity contribution in [3.05, 3.63) is 341 Å². The molecular weight excluding hydrogens is 1300 g/mol. The second-order valence-electron chi connectivity index (χ2n) is 24.7. The molecule has 0 atom stereocenters. The first-order chi connectivity index (χ1) is 49.9. The largest absolute Gasteiger partial charge is 0.289 e. The summed E-state index contributed by atoms with van der Waals surface area (Å²) in [6, 6.07) is 48.8. The molecule has 0 unspecified atom stereocenters. The molecule has 0 fully saturated rings. The van der Waals surface area contributed by atoms with Crippen LogP contribution in [0.25, 0.3) is 43.5 Å². The minimum Gasteiger partial charge on any atom is -0.289 e. The molecule has 6 aliphatic carbocycles. The fourth-order valence-electron chi connectivity index (χ4n) is 12.9. The summed E-state index contributed by atoms with van der Waals surface area (Å²) in [6.45, 7) is 29.7. The molecule has 0 saturated carbocycles. The van der Waals surface area contributed by atoms with Crippen molar-refractivity contribution in [2.24, 2.45) is 10.2 Å². The van der Waals surface area contributed by atoms with E-state index in [1.165, 1.54) is 38.4 Å². The number of Topliss-reactive ketones (excluding diaryl/α,β-unsaturated/α-hetero) is 5. The van der Waals surface area contributed by atoms with Crippen molar-refractivity contribution in [1.29, 1.82) is 5.26 Å². The molecular formula is C89H76N6O9. The summed E-state index contributed by atoms with van der Waals surface area (Å²) in [5.74, 6) is -1.32. The van der Waals surface area contributed by atoms with Crippen LogP contribution in [0.1, 0.15) is 167 Å². The molecule has 0 N–H and O–H groups in total. The summed E-state index contributed by atoms with van der Waals surface area (Å²) in [4.78, 5) is 114. The highest BCUT2D eigenvalue weighted by molar-refractivity contribution is 6.33. The van der Waals surface area contributed by atoms with E-state index in [0.29, 0.717) is 33.0 Å². The van der Waals surface area contributed by atoms with Crippen LogP contribution in [0, 0.1) is 17.9 Å². The van der Waals surface area contributed by atoms with E-state index in [-0.39, 0.29) is 34.6 Å². The predicted molar refractivity (Wildman–Crippen MR) is 409 cm³/mol. The maximum atomic E-state index is 12.4. The van der Waals surface area contributed by atoms with Gasteiger partial charge in [0.05, 0.1) is 24.5 Å². The summed E-state index contributed by atoms with van der Waals surface area (Å²) >= 11 is 0. The van der Waals surface area contributed by atoms with Gasteiger partial charge in [0.2, 0.25) is 0 Å². The minimum absolute atomic E-state index is 0.0656. The number of hydrogen-bond acceptors (Lipinski definition) is 12. The normalized spacial score (nSPS) is 16.3. The second-order valence-corrected chi connectivity index (χ2v) is 24.7. The highest BCUT2D eigenvalue weighted by atomic mass is 16.2. The average Bonchev–Trinajstić information content (AvgIpc) is 0.884. The molecule has 2 heterocycles. The van der Waals surface area contributed by atoms with E-state index in [0.717, 1.165) is 138 Å². The first-order valence-corrected chi connectivity index (χ1v) is 33.9. The van der Waals surface area contributed by atoms with E-state index in [9.17, 15) is 43.2 Å². The minimum atomic E-state index is -0.431. The van der Waals surface area contributed by atoms with Gasteiger partial charge in [-0.15, -0.1) is 0 Å². The number of carbonyl (C=O) groups is 9. The van der Waals surface area contributed by atoms with Gasteiger partial charge in [-0.1, -0.05) is 143 Å². The molecule has 0 aromatic heterocycles. The van der Waals surface area contributed by atoms with Crippen LogP contribution in [-0.2, 0) is 14.4 Å². The number of carbonyl (C=O) groups excluding carboxylic acids is 9. The number of azo groups is 1. The Morgan fingerprint density at radius 2 is 0.654 bits per heavy atom. The molecule has 15 nitrogen and oxygen atoms in total. The van der Waals surface area contributed by atoms with E-state index in [1.54, 1.807) is 20.0 Å². The fraction of sp³-hybridized carbons (Fsp3) is 0.157. The molecule has 516 valence electrons. The summed E-state index contributed by atoms with van der Waals surface area (Å²) in [5, 5.41) is 18.0. The van der Waals surface area contributed by atoms with Crippen LogP contribution in [0.3, 0.4) is 0 Å². The van der Waals surface area contributed by atoms with Gasteiger partial charge in [0.15, 0.2) is 28.9 Å². The van der Waals surface area contributed by atoms with Crippen LogP contribution in [0.15, 0.2) is 284 Å². The van der Waals surface area contributed by atoms with Crippen LogP contribution in [-0.4, -0.2) is 76.4 Å². The van der Waals surface area contributed by atoms with E-state index >= 15 is 0 Å². The monoisotopic (exact) mass is 1370 g/mol. The van der Waals surface area contributed by atoms with Gasteiger partial charge in [-0.2, -0.15) is 10.2 Å². The number of fused-ring (bicyclic) bond motifs is 5. The lowest BCUT2D eigenvalue weighted by Gasteiger charge is -2.29.